The Kier molecular flexibility index (Phi) is 5.32. The summed E-state index contributed by atoms with van der Waals surface area (Å²) in [6, 6.07) is 1.18. The highest BCUT2D eigenvalue weighted by atomic mass is 16.6. The van der Waals surface area contributed by atoms with Crippen LogP contribution in [0.5, 0.6) is 6.01 Å². The Morgan fingerprint density at radius 1 is 1.34 bits per heavy atom. The van der Waals surface area contributed by atoms with Crippen molar-refractivity contribution in [3.63, 3.8) is 0 Å². The van der Waals surface area contributed by atoms with E-state index in [1.54, 1.807) is 0 Å². The highest BCUT2D eigenvalue weighted by molar-refractivity contribution is 5.86. The highest BCUT2D eigenvalue weighted by Crippen LogP contribution is 2.31. The van der Waals surface area contributed by atoms with E-state index in [9.17, 15) is 14.4 Å². The van der Waals surface area contributed by atoms with E-state index in [0.717, 1.165) is 6.42 Å². The van der Waals surface area contributed by atoms with E-state index in [-0.39, 0.29) is 17.1 Å². The molecule has 2 aromatic heterocycles. The Morgan fingerprint density at radius 2 is 2.10 bits per heavy atom. The lowest BCUT2D eigenvalue weighted by Crippen LogP contribution is -2.37. The topological polar surface area (TPSA) is 138 Å². The zero-order valence-electron chi connectivity index (χ0n) is 15.8. The van der Waals surface area contributed by atoms with Crippen LogP contribution < -0.4 is 16.0 Å². The molecule has 10 nitrogen and oxygen atoms in total. The Balaban J connectivity index is 1.52. The molecule has 3 heterocycles. The lowest BCUT2D eigenvalue weighted by molar-refractivity contribution is 0.144. The number of aryl methyl sites for hydroxylation is 1. The molecule has 1 aliphatic heterocycles. The number of oxime groups is 1. The van der Waals surface area contributed by atoms with Crippen molar-refractivity contribution in [2.45, 2.75) is 44.9 Å². The first-order valence-electron chi connectivity index (χ1n) is 9.77. The van der Waals surface area contributed by atoms with Gasteiger partial charge in [0.15, 0.2) is 0 Å². The van der Waals surface area contributed by atoms with Crippen molar-refractivity contribution in [3.8, 4) is 6.01 Å². The minimum Gasteiger partial charge on any atom is -0.465 e. The lowest BCUT2D eigenvalue weighted by atomic mass is 9.81. The minimum atomic E-state index is -0.964. The van der Waals surface area contributed by atoms with E-state index in [4.69, 9.17) is 14.4 Å². The molecule has 0 atom stereocenters. The number of rotatable bonds is 5. The Bertz CT molecular complexity index is 1060. The first-order chi connectivity index (χ1) is 14.0. The van der Waals surface area contributed by atoms with Crippen molar-refractivity contribution in [2.24, 2.45) is 11.1 Å². The van der Waals surface area contributed by atoms with E-state index in [2.05, 4.69) is 15.1 Å². The summed E-state index contributed by atoms with van der Waals surface area (Å²) in [5.41, 5.74) is 0.230. The molecule has 10 heteroatoms. The smallest absolute Gasteiger partial charge is 0.407 e. The zero-order valence-corrected chi connectivity index (χ0v) is 15.8. The molecule has 2 aromatic rings. The molecule has 1 saturated heterocycles. The summed E-state index contributed by atoms with van der Waals surface area (Å²) >= 11 is 0. The molecule has 0 spiro atoms. The molecule has 0 radical (unpaired) electrons. The molecule has 1 aliphatic carbocycles. The highest BCUT2D eigenvalue weighted by Gasteiger charge is 2.21. The number of nitrogens with zero attached hydrogens (tertiary/aromatic N) is 3. The number of hydrogen-bond acceptors (Lipinski definition) is 7. The van der Waals surface area contributed by atoms with Crippen LogP contribution in [0.4, 0.5) is 4.79 Å². The van der Waals surface area contributed by atoms with Gasteiger partial charge in [0.2, 0.25) is 5.71 Å². The Morgan fingerprint density at radius 3 is 2.76 bits per heavy atom. The fourth-order valence-electron chi connectivity index (χ4n) is 3.67. The number of likely N-dealkylation sites (tertiary alicyclic amines) is 1. The summed E-state index contributed by atoms with van der Waals surface area (Å²) in [4.78, 5) is 48.6. The molecule has 0 bridgehead atoms. The maximum atomic E-state index is 12.6. The molecular formula is C19H22N4O6. The molecular weight excluding hydrogens is 380 g/mol. The van der Waals surface area contributed by atoms with Crippen LogP contribution in [-0.2, 0) is 6.42 Å². The van der Waals surface area contributed by atoms with Crippen LogP contribution in [0.15, 0.2) is 25.2 Å². The van der Waals surface area contributed by atoms with Gasteiger partial charge in [-0.15, -0.1) is 0 Å². The van der Waals surface area contributed by atoms with Gasteiger partial charge < -0.3 is 19.3 Å². The molecule has 1 saturated carbocycles. The second-order valence-corrected chi connectivity index (χ2v) is 7.50. The maximum absolute atomic E-state index is 12.6. The van der Waals surface area contributed by atoms with Crippen LogP contribution in [0.1, 0.15) is 44.1 Å². The first kappa shape index (κ1) is 19.2. The van der Waals surface area contributed by atoms with Gasteiger partial charge in [-0.25, -0.2) is 9.59 Å². The largest absolute Gasteiger partial charge is 0.465 e. The van der Waals surface area contributed by atoms with Crippen LogP contribution in [0.25, 0.3) is 11.1 Å². The van der Waals surface area contributed by atoms with Gasteiger partial charge in [-0.1, -0.05) is 24.4 Å². The molecule has 2 N–H and O–H groups in total. The quantitative estimate of drug-likeness (QED) is 0.730. The fraction of sp³-hybridized carbons (Fsp3) is 0.526. The van der Waals surface area contributed by atoms with Crippen molar-refractivity contribution in [2.75, 3.05) is 13.1 Å². The SMILES string of the molecule is O=C(O)N1CCC(=NOc2nc3oc(=O)cc(CCC4CCC4)c3c(=O)[nH]2)CC1. The molecule has 2 aliphatic rings. The number of H-pyrrole nitrogens is 1. The van der Waals surface area contributed by atoms with Crippen molar-refractivity contribution in [1.29, 1.82) is 0 Å². The van der Waals surface area contributed by atoms with Crippen LogP contribution in [-0.4, -0.2) is 44.9 Å². The van der Waals surface area contributed by atoms with Gasteiger partial charge in [-0.3, -0.25) is 9.78 Å². The van der Waals surface area contributed by atoms with Gasteiger partial charge in [0.1, 0.15) is 5.39 Å². The van der Waals surface area contributed by atoms with Gasteiger partial charge in [0.25, 0.3) is 5.56 Å². The fourth-order valence-corrected chi connectivity index (χ4v) is 3.67. The van der Waals surface area contributed by atoms with Crippen molar-refractivity contribution in [3.05, 3.63) is 32.4 Å². The summed E-state index contributed by atoms with van der Waals surface area (Å²) < 4.78 is 5.12. The predicted octanol–water partition coefficient (Wildman–Crippen LogP) is 2.12. The van der Waals surface area contributed by atoms with E-state index in [1.165, 1.54) is 30.2 Å². The molecule has 2 fully saturated rings. The number of carboxylic acid groups (broad SMARTS) is 1. The van der Waals surface area contributed by atoms with E-state index in [1.807, 2.05) is 0 Å². The third-order valence-electron chi connectivity index (χ3n) is 5.59. The standard InChI is InChI=1S/C19H22N4O6/c24-14-10-12(5-4-11-2-1-3-11)15-16(25)20-18(21-17(15)28-14)29-22-13-6-8-23(9-7-13)19(26)27/h10-11H,1-9H2,(H,26,27)(H,20,21,25). The average molecular weight is 402 g/mol. The van der Waals surface area contributed by atoms with Crippen molar-refractivity contribution in [1.82, 2.24) is 14.9 Å². The number of hydrogen-bond donors (Lipinski definition) is 2. The van der Waals surface area contributed by atoms with Gasteiger partial charge in [0.05, 0.1) is 5.71 Å². The van der Waals surface area contributed by atoms with E-state index in [0.29, 0.717) is 49.5 Å². The van der Waals surface area contributed by atoms with Crippen LogP contribution >= 0.6 is 0 Å². The van der Waals surface area contributed by atoms with Gasteiger partial charge >= 0.3 is 17.7 Å². The molecule has 4 rings (SSSR count). The van der Waals surface area contributed by atoms with Crippen LogP contribution in [0, 0.1) is 5.92 Å². The second kappa shape index (κ2) is 8.06. The molecule has 0 unspecified atom stereocenters. The van der Waals surface area contributed by atoms with Crippen LogP contribution in [0.3, 0.4) is 0 Å². The summed E-state index contributed by atoms with van der Waals surface area (Å²) in [7, 11) is 0. The maximum Gasteiger partial charge on any atom is 0.407 e. The molecule has 154 valence electrons. The monoisotopic (exact) mass is 402 g/mol. The number of fused-ring (bicyclic) bond motifs is 1. The lowest BCUT2D eigenvalue weighted by Gasteiger charge is -2.25. The van der Waals surface area contributed by atoms with Gasteiger partial charge in [0, 0.05) is 32.0 Å². The summed E-state index contributed by atoms with van der Waals surface area (Å²) in [5, 5.41) is 13.2. The molecule has 0 aromatic carbocycles. The number of piperidine rings is 1. The van der Waals surface area contributed by atoms with Crippen molar-refractivity contribution < 1.29 is 19.2 Å². The number of nitrogens with one attached hydrogen (secondary N) is 1. The summed E-state index contributed by atoms with van der Waals surface area (Å²) in [5.74, 6) is 0.648. The molecule has 29 heavy (non-hydrogen) atoms. The number of aromatic amines is 1. The normalized spacial score (nSPS) is 17.2. The van der Waals surface area contributed by atoms with E-state index < -0.39 is 17.3 Å². The number of amides is 1. The van der Waals surface area contributed by atoms with Gasteiger partial charge in [-0.2, -0.15) is 4.98 Å². The minimum absolute atomic E-state index is 0.0687. The van der Waals surface area contributed by atoms with Gasteiger partial charge in [-0.05, 0) is 24.3 Å². The third-order valence-corrected chi connectivity index (χ3v) is 5.59. The second-order valence-electron chi connectivity index (χ2n) is 7.50. The predicted molar refractivity (Wildman–Crippen MR) is 103 cm³/mol. The van der Waals surface area contributed by atoms with Crippen molar-refractivity contribution >= 4 is 22.9 Å². The van der Waals surface area contributed by atoms with E-state index >= 15 is 0 Å². The molecule has 1 amide bonds. The number of carbonyl (C=O) groups is 1. The van der Waals surface area contributed by atoms with Crippen LogP contribution in [0.2, 0.25) is 0 Å². The third kappa shape index (κ3) is 4.30. The summed E-state index contributed by atoms with van der Waals surface area (Å²) in [6.07, 6.45) is 5.08. The summed E-state index contributed by atoms with van der Waals surface area (Å²) in [6.45, 7) is 0.664. The average Bonchev–Trinajstić information content (AvgIpc) is 2.64. The first-order valence-corrected chi connectivity index (χ1v) is 9.77. The zero-order chi connectivity index (χ0) is 20.4. The Labute approximate surface area is 165 Å². The Hall–Kier alpha value is -3.17. The number of aromatic nitrogens is 2.